The van der Waals surface area contributed by atoms with Gasteiger partial charge in [0.15, 0.2) is 0 Å². The summed E-state index contributed by atoms with van der Waals surface area (Å²) in [7, 11) is 3.63. The lowest BCUT2D eigenvalue weighted by Crippen LogP contribution is -2.16. The second kappa shape index (κ2) is 6.43. The van der Waals surface area contributed by atoms with Crippen LogP contribution in [-0.2, 0) is 6.42 Å². The molecule has 0 spiro atoms. The van der Waals surface area contributed by atoms with E-state index in [1.807, 2.05) is 43.1 Å². The van der Waals surface area contributed by atoms with Crippen LogP contribution in [0.15, 0.2) is 24.3 Å². The fraction of sp³-hybridized carbons (Fsp3) is 0.375. The molecule has 1 heterocycles. The Balaban J connectivity index is 2.43. The van der Waals surface area contributed by atoms with Crippen LogP contribution in [0.1, 0.15) is 24.7 Å². The van der Waals surface area contributed by atoms with E-state index in [0.717, 1.165) is 41.5 Å². The zero-order valence-electron chi connectivity index (χ0n) is 13.1. The molecule has 5 heteroatoms. The molecular formula is C16H22N4O. The van der Waals surface area contributed by atoms with Crippen LogP contribution in [0, 0.1) is 6.92 Å². The normalized spacial score (nSPS) is 10.5. The second-order valence-corrected chi connectivity index (χ2v) is 4.98. The van der Waals surface area contributed by atoms with Crippen molar-refractivity contribution >= 4 is 17.3 Å². The Bertz CT molecular complexity index is 628. The summed E-state index contributed by atoms with van der Waals surface area (Å²) in [4.78, 5) is 11.0. The molecule has 2 rings (SSSR count). The monoisotopic (exact) mass is 286 g/mol. The van der Waals surface area contributed by atoms with Gasteiger partial charge < -0.3 is 15.4 Å². The van der Waals surface area contributed by atoms with Gasteiger partial charge in [0.05, 0.1) is 7.11 Å². The van der Waals surface area contributed by atoms with Crippen molar-refractivity contribution in [1.82, 2.24) is 9.97 Å². The third-order valence-electron chi connectivity index (χ3n) is 3.44. The molecule has 112 valence electrons. The van der Waals surface area contributed by atoms with Gasteiger partial charge in [0.25, 0.3) is 0 Å². The predicted octanol–water partition coefficient (Wildman–Crippen LogP) is 3.10. The smallest absolute Gasteiger partial charge is 0.141 e. The second-order valence-electron chi connectivity index (χ2n) is 4.98. The van der Waals surface area contributed by atoms with Crippen LogP contribution in [0.5, 0.6) is 5.75 Å². The molecular weight excluding hydrogens is 264 g/mol. The van der Waals surface area contributed by atoms with Gasteiger partial charge in [-0.2, -0.15) is 0 Å². The Morgan fingerprint density at radius 1 is 1.29 bits per heavy atom. The van der Waals surface area contributed by atoms with Crippen molar-refractivity contribution < 1.29 is 4.74 Å². The number of ether oxygens (including phenoxy) is 1. The van der Waals surface area contributed by atoms with Crippen molar-refractivity contribution in [3.05, 3.63) is 35.7 Å². The van der Waals surface area contributed by atoms with Crippen LogP contribution < -0.4 is 15.4 Å². The van der Waals surface area contributed by atoms with Gasteiger partial charge in [-0.05, 0) is 25.5 Å². The van der Waals surface area contributed by atoms with E-state index in [9.17, 15) is 0 Å². The molecule has 0 unspecified atom stereocenters. The molecule has 0 radical (unpaired) electrons. The Kier molecular flexibility index (Phi) is 4.62. The van der Waals surface area contributed by atoms with Gasteiger partial charge in [-0.25, -0.2) is 9.97 Å². The summed E-state index contributed by atoms with van der Waals surface area (Å²) in [6.07, 6.45) is 1.81. The molecule has 21 heavy (non-hydrogen) atoms. The number of methoxy groups -OCH3 is 1. The number of hydrogen-bond donors (Lipinski definition) is 1. The predicted molar refractivity (Wildman–Crippen MR) is 86.2 cm³/mol. The van der Waals surface area contributed by atoms with Gasteiger partial charge >= 0.3 is 0 Å². The Labute approximate surface area is 125 Å². The van der Waals surface area contributed by atoms with Crippen molar-refractivity contribution in [1.29, 1.82) is 0 Å². The van der Waals surface area contributed by atoms with Crippen LogP contribution in [0.2, 0.25) is 0 Å². The molecule has 0 bridgehead atoms. The van der Waals surface area contributed by atoms with E-state index in [0.29, 0.717) is 5.82 Å². The SMILES string of the molecule is CCCc1nc(N)c(C)c(N(C)c2cccc(OC)c2)n1. The maximum atomic E-state index is 6.02. The van der Waals surface area contributed by atoms with Crippen molar-refractivity contribution in [2.24, 2.45) is 0 Å². The Hall–Kier alpha value is -2.30. The van der Waals surface area contributed by atoms with Crippen LogP contribution in [0.25, 0.3) is 0 Å². The van der Waals surface area contributed by atoms with E-state index in [1.54, 1.807) is 7.11 Å². The van der Waals surface area contributed by atoms with Crippen molar-refractivity contribution in [3.8, 4) is 5.75 Å². The van der Waals surface area contributed by atoms with Crippen LogP contribution >= 0.6 is 0 Å². The van der Waals surface area contributed by atoms with E-state index in [2.05, 4.69) is 16.9 Å². The van der Waals surface area contributed by atoms with Gasteiger partial charge in [0.2, 0.25) is 0 Å². The number of benzene rings is 1. The lowest BCUT2D eigenvalue weighted by atomic mass is 10.2. The molecule has 0 saturated heterocycles. The maximum absolute atomic E-state index is 6.02. The molecule has 1 aromatic carbocycles. The van der Waals surface area contributed by atoms with Crippen molar-refractivity contribution in [2.75, 3.05) is 24.8 Å². The molecule has 0 fully saturated rings. The molecule has 0 atom stereocenters. The van der Waals surface area contributed by atoms with Crippen molar-refractivity contribution in [3.63, 3.8) is 0 Å². The molecule has 5 nitrogen and oxygen atoms in total. The first-order valence-electron chi connectivity index (χ1n) is 7.07. The quantitative estimate of drug-likeness (QED) is 0.915. The average Bonchev–Trinajstić information content (AvgIpc) is 2.50. The zero-order valence-corrected chi connectivity index (χ0v) is 13.1. The van der Waals surface area contributed by atoms with E-state index in [-0.39, 0.29) is 0 Å². The summed E-state index contributed by atoms with van der Waals surface area (Å²) < 4.78 is 5.27. The molecule has 0 aliphatic rings. The molecule has 0 saturated carbocycles. The summed E-state index contributed by atoms with van der Waals surface area (Å²) in [5.74, 6) is 2.97. The Morgan fingerprint density at radius 2 is 2.05 bits per heavy atom. The number of hydrogen-bond acceptors (Lipinski definition) is 5. The first-order valence-corrected chi connectivity index (χ1v) is 7.07. The number of nitrogen functional groups attached to an aromatic ring is 1. The molecule has 2 aromatic rings. The third-order valence-corrected chi connectivity index (χ3v) is 3.44. The summed E-state index contributed by atoms with van der Waals surface area (Å²) in [5.41, 5.74) is 7.91. The maximum Gasteiger partial charge on any atom is 0.141 e. The van der Waals surface area contributed by atoms with Crippen molar-refractivity contribution in [2.45, 2.75) is 26.7 Å². The van der Waals surface area contributed by atoms with Gasteiger partial charge in [-0.15, -0.1) is 0 Å². The Morgan fingerprint density at radius 3 is 2.71 bits per heavy atom. The average molecular weight is 286 g/mol. The number of anilines is 3. The number of aryl methyl sites for hydroxylation is 1. The summed E-state index contributed by atoms with van der Waals surface area (Å²) in [6.45, 7) is 4.04. The summed E-state index contributed by atoms with van der Waals surface area (Å²) in [6, 6.07) is 7.86. The van der Waals surface area contributed by atoms with E-state index >= 15 is 0 Å². The minimum Gasteiger partial charge on any atom is -0.497 e. The lowest BCUT2D eigenvalue weighted by Gasteiger charge is -2.22. The fourth-order valence-corrected chi connectivity index (χ4v) is 2.17. The topological polar surface area (TPSA) is 64.3 Å². The molecule has 1 aromatic heterocycles. The van der Waals surface area contributed by atoms with Gasteiger partial charge in [0, 0.05) is 30.8 Å². The summed E-state index contributed by atoms with van der Waals surface area (Å²) in [5, 5.41) is 0. The largest absolute Gasteiger partial charge is 0.497 e. The van der Waals surface area contributed by atoms with E-state index < -0.39 is 0 Å². The van der Waals surface area contributed by atoms with Crippen LogP contribution in [-0.4, -0.2) is 24.1 Å². The van der Waals surface area contributed by atoms with Gasteiger partial charge in [-0.3, -0.25) is 0 Å². The van der Waals surface area contributed by atoms with Crippen LogP contribution in [0.3, 0.4) is 0 Å². The molecule has 0 aliphatic heterocycles. The van der Waals surface area contributed by atoms with Gasteiger partial charge in [-0.1, -0.05) is 13.0 Å². The molecule has 0 amide bonds. The highest BCUT2D eigenvalue weighted by atomic mass is 16.5. The number of nitrogens with zero attached hydrogens (tertiary/aromatic N) is 3. The highest BCUT2D eigenvalue weighted by molar-refractivity contribution is 5.66. The van der Waals surface area contributed by atoms with Gasteiger partial charge in [0.1, 0.15) is 23.2 Å². The van der Waals surface area contributed by atoms with Crippen LogP contribution in [0.4, 0.5) is 17.3 Å². The molecule has 2 N–H and O–H groups in total. The number of aromatic nitrogens is 2. The lowest BCUT2D eigenvalue weighted by molar-refractivity contribution is 0.415. The number of nitrogens with two attached hydrogens (primary N) is 1. The number of rotatable bonds is 5. The minimum atomic E-state index is 0.540. The van der Waals surface area contributed by atoms with E-state index in [1.165, 1.54) is 0 Å². The standard InChI is InChI=1S/C16H22N4O/c1-5-7-14-18-15(17)11(2)16(19-14)20(3)12-8-6-9-13(10-12)21-4/h6,8-10H,5,7H2,1-4H3,(H2,17,18,19). The highest BCUT2D eigenvalue weighted by Gasteiger charge is 2.14. The first-order chi connectivity index (χ1) is 10.1. The fourth-order valence-electron chi connectivity index (χ4n) is 2.17. The minimum absolute atomic E-state index is 0.540. The van der Waals surface area contributed by atoms with E-state index in [4.69, 9.17) is 10.5 Å². The highest BCUT2D eigenvalue weighted by Crippen LogP contribution is 2.29. The summed E-state index contributed by atoms with van der Waals surface area (Å²) >= 11 is 0. The zero-order chi connectivity index (χ0) is 15.4. The molecule has 0 aliphatic carbocycles. The first kappa shape index (κ1) is 15.1. The third kappa shape index (κ3) is 3.24.